The zero-order valence-corrected chi connectivity index (χ0v) is 19.5. The normalized spacial score (nSPS) is 17.7. The van der Waals surface area contributed by atoms with Gasteiger partial charge in [-0.1, -0.05) is 32.9 Å². The monoisotopic (exact) mass is 491 g/mol. The van der Waals surface area contributed by atoms with Crippen LogP contribution in [0.15, 0.2) is 47.6 Å². The van der Waals surface area contributed by atoms with Crippen molar-refractivity contribution in [1.82, 2.24) is 5.01 Å². The molecule has 0 aliphatic carbocycles. The number of nitrogens with two attached hydrogens (primary N) is 1. The lowest BCUT2D eigenvalue weighted by molar-refractivity contribution is -0.161. The summed E-state index contributed by atoms with van der Waals surface area (Å²) in [6.45, 7) is 5.44. The third-order valence-corrected chi connectivity index (χ3v) is 4.81. The second kappa shape index (κ2) is 10.6. The fraction of sp³-hybridized carbons (Fsp3) is 0.364. The van der Waals surface area contributed by atoms with Crippen LogP contribution in [-0.2, 0) is 15.3 Å². The number of ether oxygens (including phenoxy) is 1. The predicted molar refractivity (Wildman–Crippen MR) is 121 cm³/mol. The first-order valence-corrected chi connectivity index (χ1v) is 9.62. The van der Waals surface area contributed by atoms with E-state index in [0.717, 1.165) is 23.2 Å². The molecular formula is C22H26Cl2F3N3O2. The van der Waals surface area contributed by atoms with E-state index in [1.165, 1.54) is 24.3 Å². The van der Waals surface area contributed by atoms with Crippen molar-refractivity contribution >= 4 is 36.6 Å². The second-order valence-electron chi connectivity index (χ2n) is 8.18. The molecule has 0 radical (unpaired) electrons. The van der Waals surface area contributed by atoms with Crippen LogP contribution in [0, 0.1) is 22.9 Å². The molecule has 0 bridgehead atoms. The first-order valence-electron chi connectivity index (χ1n) is 9.62. The van der Waals surface area contributed by atoms with E-state index in [1.807, 2.05) is 0 Å². The first kappa shape index (κ1) is 27.7. The number of halogens is 5. The molecule has 0 saturated heterocycles. The maximum Gasteiger partial charge on any atom is 0.251 e. The van der Waals surface area contributed by atoms with Crippen LogP contribution >= 0.6 is 24.8 Å². The van der Waals surface area contributed by atoms with Gasteiger partial charge in [0.1, 0.15) is 17.5 Å². The Balaban J connectivity index is 0.00000256. The van der Waals surface area contributed by atoms with Gasteiger partial charge in [0.15, 0.2) is 0 Å². The van der Waals surface area contributed by atoms with Gasteiger partial charge in [-0.25, -0.2) is 13.2 Å². The molecule has 2 N–H and O–H groups in total. The Labute approximate surface area is 197 Å². The van der Waals surface area contributed by atoms with Gasteiger partial charge >= 0.3 is 0 Å². The van der Waals surface area contributed by atoms with Gasteiger partial charge in [-0.2, -0.15) is 5.01 Å². The number of rotatable bonds is 5. The van der Waals surface area contributed by atoms with E-state index < -0.39 is 34.5 Å². The number of carbonyl (C=O) groups excluding carboxylic acids is 1. The van der Waals surface area contributed by atoms with Crippen LogP contribution < -0.4 is 5.73 Å². The highest BCUT2D eigenvalue weighted by Crippen LogP contribution is 2.43. The Morgan fingerprint density at radius 3 is 2.22 bits per heavy atom. The Hall–Kier alpha value is -2.29. The Morgan fingerprint density at radius 1 is 1.06 bits per heavy atom. The zero-order valence-electron chi connectivity index (χ0n) is 17.9. The number of benzene rings is 2. The van der Waals surface area contributed by atoms with Crippen molar-refractivity contribution in [2.75, 3.05) is 6.54 Å². The predicted octanol–water partition coefficient (Wildman–Crippen LogP) is 5.11. The summed E-state index contributed by atoms with van der Waals surface area (Å²) in [5.74, 6) is -2.50. The van der Waals surface area contributed by atoms with Crippen molar-refractivity contribution in [2.45, 2.75) is 39.3 Å². The van der Waals surface area contributed by atoms with Crippen LogP contribution in [0.4, 0.5) is 13.2 Å². The van der Waals surface area contributed by atoms with E-state index in [-0.39, 0.29) is 42.7 Å². The molecule has 1 aliphatic heterocycles. The van der Waals surface area contributed by atoms with Crippen LogP contribution in [0.5, 0.6) is 0 Å². The Kier molecular flexibility index (Phi) is 9.15. The van der Waals surface area contributed by atoms with Gasteiger partial charge in [-0.05, 0) is 43.3 Å². The highest BCUT2D eigenvalue weighted by molar-refractivity contribution is 5.97. The number of hydrogen-bond donors (Lipinski definition) is 1. The summed E-state index contributed by atoms with van der Waals surface area (Å²) < 4.78 is 47.9. The molecule has 1 heterocycles. The molecule has 0 saturated carbocycles. The molecule has 1 unspecified atom stereocenters. The van der Waals surface area contributed by atoms with Crippen molar-refractivity contribution in [3.8, 4) is 0 Å². The van der Waals surface area contributed by atoms with Crippen LogP contribution in [-0.4, -0.2) is 23.4 Å². The van der Waals surface area contributed by atoms with E-state index in [0.29, 0.717) is 18.5 Å². The molecule has 0 fully saturated rings. The minimum atomic E-state index is -1.47. The molecule has 1 atom stereocenters. The summed E-state index contributed by atoms with van der Waals surface area (Å²) >= 11 is 0. The zero-order chi connectivity index (χ0) is 22.1. The number of nitrogens with zero attached hydrogens (tertiary/aromatic N) is 2. The standard InChI is InChI=1S/C22H24F3N3O2.2ClH/c1-21(2,3)20(29)28-22(11-4-12-26,14-5-7-15(23)8-6-14)30-19(27-28)17-13-16(24)9-10-18(17)25;;/h5-10,13H,4,11-12,26H2,1-3H3;2*1H. The second-order valence-corrected chi connectivity index (χ2v) is 8.18. The molecule has 1 amide bonds. The molecule has 2 aromatic carbocycles. The lowest BCUT2D eigenvalue weighted by atomic mass is 9.91. The van der Waals surface area contributed by atoms with Gasteiger partial charge in [0, 0.05) is 17.4 Å². The Morgan fingerprint density at radius 2 is 1.66 bits per heavy atom. The quantitative estimate of drug-likeness (QED) is 0.631. The van der Waals surface area contributed by atoms with Crippen LogP contribution in [0.1, 0.15) is 44.7 Å². The van der Waals surface area contributed by atoms with Crippen LogP contribution in [0.3, 0.4) is 0 Å². The minimum absolute atomic E-state index is 0. The van der Waals surface area contributed by atoms with Gasteiger partial charge in [-0.3, -0.25) is 4.79 Å². The SMILES string of the molecule is CC(C)(C)C(=O)N1N=C(c2cc(F)ccc2F)OC1(CCCN)c1ccc(F)cc1.Cl.Cl. The largest absolute Gasteiger partial charge is 0.443 e. The van der Waals surface area contributed by atoms with Gasteiger partial charge in [-0.15, -0.1) is 29.9 Å². The van der Waals surface area contributed by atoms with Crippen LogP contribution in [0.25, 0.3) is 0 Å². The molecule has 10 heteroatoms. The van der Waals surface area contributed by atoms with Crippen molar-refractivity contribution < 1.29 is 22.7 Å². The average molecular weight is 492 g/mol. The maximum atomic E-state index is 14.4. The van der Waals surface area contributed by atoms with Crippen LogP contribution in [0.2, 0.25) is 0 Å². The van der Waals surface area contributed by atoms with Gasteiger partial charge in [0.2, 0.25) is 11.6 Å². The minimum Gasteiger partial charge on any atom is -0.443 e. The average Bonchev–Trinajstić information content (AvgIpc) is 3.07. The number of carbonyl (C=O) groups is 1. The van der Waals surface area contributed by atoms with Crippen molar-refractivity contribution in [1.29, 1.82) is 0 Å². The summed E-state index contributed by atoms with van der Waals surface area (Å²) in [5.41, 5.74) is 3.62. The summed E-state index contributed by atoms with van der Waals surface area (Å²) in [6, 6.07) is 8.34. The van der Waals surface area contributed by atoms with E-state index in [2.05, 4.69) is 5.10 Å². The summed E-state index contributed by atoms with van der Waals surface area (Å²) in [7, 11) is 0. The van der Waals surface area contributed by atoms with Gasteiger partial charge < -0.3 is 10.5 Å². The fourth-order valence-corrected chi connectivity index (χ4v) is 3.23. The maximum absolute atomic E-state index is 14.4. The molecule has 0 spiro atoms. The number of hydrogen-bond acceptors (Lipinski definition) is 4. The number of hydrazone groups is 1. The van der Waals surface area contributed by atoms with Gasteiger partial charge in [0.25, 0.3) is 5.91 Å². The molecule has 5 nitrogen and oxygen atoms in total. The van der Waals surface area contributed by atoms with E-state index in [4.69, 9.17) is 10.5 Å². The highest BCUT2D eigenvalue weighted by Gasteiger charge is 2.51. The Bertz CT molecular complexity index is 981. The molecule has 2 aromatic rings. The molecule has 3 rings (SSSR count). The smallest absolute Gasteiger partial charge is 0.251 e. The van der Waals surface area contributed by atoms with E-state index >= 15 is 0 Å². The van der Waals surface area contributed by atoms with Crippen molar-refractivity contribution in [3.05, 3.63) is 71.0 Å². The summed E-state index contributed by atoms with van der Waals surface area (Å²) in [4.78, 5) is 13.3. The van der Waals surface area contributed by atoms with Crippen molar-refractivity contribution in [3.63, 3.8) is 0 Å². The summed E-state index contributed by atoms with van der Waals surface area (Å²) in [5, 5.41) is 5.42. The van der Waals surface area contributed by atoms with E-state index in [1.54, 1.807) is 20.8 Å². The summed E-state index contributed by atoms with van der Waals surface area (Å²) in [6.07, 6.45) is 0.667. The lowest BCUT2D eigenvalue weighted by Gasteiger charge is -2.38. The molecule has 176 valence electrons. The topological polar surface area (TPSA) is 67.9 Å². The first-order chi connectivity index (χ1) is 14.1. The number of amides is 1. The van der Waals surface area contributed by atoms with Crippen molar-refractivity contribution in [2.24, 2.45) is 16.3 Å². The van der Waals surface area contributed by atoms with Gasteiger partial charge in [0.05, 0.1) is 5.56 Å². The molecule has 32 heavy (non-hydrogen) atoms. The molecule has 1 aliphatic rings. The van der Waals surface area contributed by atoms with E-state index in [9.17, 15) is 18.0 Å². The third-order valence-electron chi connectivity index (χ3n) is 4.81. The fourth-order valence-electron chi connectivity index (χ4n) is 3.23. The molecular weight excluding hydrogens is 466 g/mol. The highest BCUT2D eigenvalue weighted by atomic mass is 35.5. The molecule has 0 aromatic heterocycles. The lowest BCUT2D eigenvalue weighted by Crippen LogP contribution is -2.49. The third kappa shape index (κ3) is 5.36.